The van der Waals surface area contributed by atoms with E-state index >= 15 is 0 Å². The zero-order valence-corrected chi connectivity index (χ0v) is 21.0. The number of benzene rings is 3. The highest BCUT2D eigenvalue weighted by Gasteiger charge is 2.21. The monoisotopic (exact) mass is 556 g/mol. The first-order valence-electron chi connectivity index (χ1n) is 11.2. The number of aromatic amines is 1. The molecule has 4 aromatic rings. The van der Waals surface area contributed by atoms with Crippen LogP contribution in [-0.4, -0.2) is 27.1 Å². The molecule has 1 atom stereocenters. The van der Waals surface area contributed by atoms with Crippen molar-refractivity contribution in [1.29, 1.82) is 0 Å². The number of anilines is 1. The van der Waals surface area contributed by atoms with Gasteiger partial charge in [0.15, 0.2) is 5.82 Å². The molecule has 0 fully saturated rings. The molecule has 1 aromatic heterocycles. The van der Waals surface area contributed by atoms with Gasteiger partial charge in [0.2, 0.25) is 5.91 Å². The number of rotatable bonds is 8. The molecule has 1 unspecified atom stereocenters. The predicted octanol–water partition coefficient (Wildman–Crippen LogP) is 6.87. The molecular weight excluding hydrogens is 537 g/mol. The van der Waals surface area contributed by atoms with Crippen LogP contribution in [0.5, 0.6) is 0 Å². The maximum absolute atomic E-state index is 14.2. The molecule has 11 heteroatoms. The van der Waals surface area contributed by atoms with Crippen molar-refractivity contribution in [3.05, 3.63) is 112 Å². The minimum absolute atomic E-state index is 0.213. The van der Waals surface area contributed by atoms with Crippen molar-refractivity contribution in [3.63, 3.8) is 0 Å². The summed E-state index contributed by atoms with van der Waals surface area (Å²) in [5.74, 6) is -2.10. The van der Waals surface area contributed by atoms with Crippen molar-refractivity contribution in [2.24, 2.45) is 0 Å². The number of hydrogen-bond acceptors (Lipinski definition) is 3. The molecule has 3 aromatic carbocycles. The number of nitrogens with one attached hydrogen (secondary N) is 3. The van der Waals surface area contributed by atoms with Crippen molar-refractivity contribution >= 4 is 47.0 Å². The third kappa shape index (κ3) is 6.56. The number of carbonyl (C=O) groups excluding carboxylic acids is 1. The average Bonchev–Trinajstić information content (AvgIpc) is 3.28. The second-order valence-electron chi connectivity index (χ2n) is 8.13. The SMILES string of the molecule is O=C(O)Nc1ccc(-c2nc(C(Cc3ccccc3)NC(=O)C=Cc3c(F)ccc(Cl)c3F)[nH]c2Cl)cc1. The van der Waals surface area contributed by atoms with E-state index in [1.165, 1.54) is 0 Å². The van der Waals surface area contributed by atoms with Gasteiger partial charge < -0.3 is 15.4 Å². The van der Waals surface area contributed by atoms with Gasteiger partial charge in [-0.25, -0.2) is 18.6 Å². The lowest BCUT2D eigenvalue weighted by Crippen LogP contribution is -2.29. The Labute approximate surface area is 226 Å². The van der Waals surface area contributed by atoms with Crippen LogP contribution in [-0.2, 0) is 11.2 Å². The van der Waals surface area contributed by atoms with Crippen molar-refractivity contribution in [1.82, 2.24) is 15.3 Å². The number of carboxylic acid groups (broad SMARTS) is 1. The van der Waals surface area contributed by atoms with Crippen LogP contribution < -0.4 is 10.6 Å². The van der Waals surface area contributed by atoms with Crippen LogP contribution in [0.2, 0.25) is 10.2 Å². The molecule has 7 nitrogen and oxygen atoms in total. The first-order valence-corrected chi connectivity index (χ1v) is 12.0. The maximum atomic E-state index is 14.2. The van der Waals surface area contributed by atoms with E-state index in [0.717, 1.165) is 29.8 Å². The van der Waals surface area contributed by atoms with Gasteiger partial charge in [-0.15, -0.1) is 0 Å². The summed E-state index contributed by atoms with van der Waals surface area (Å²) in [5.41, 5.74) is 1.85. The van der Waals surface area contributed by atoms with E-state index in [1.807, 2.05) is 30.3 Å². The summed E-state index contributed by atoms with van der Waals surface area (Å²) in [6.07, 6.45) is 1.17. The predicted molar refractivity (Wildman–Crippen MR) is 142 cm³/mol. The molecule has 0 saturated carbocycles. The van der Waals surface area contributed by atoms with E-state index in [9.17, 15) is 18.4 Å². The highest BCUT2D eigenvalue weighted by molar-refractivity contribution is 6.32. The van der Waals surface area contributed by atoms with E-state index in [1.54, 1.807) is 24.3 Å². The summed E-state index contributed by atoms with van der Waals surface area (Å²) < 4.78 is 28.3. The van der Waals surface area contributed by atoms with Crippen molar-refractivity contribution in [2.45, 2.75) is 12.5 Å². The lowest BCUT2D eigenvalue weighted by molar-refractivity contribution is -0.117. The fourth-order valence-electron chi connectivity index (χ4n) is 3.70. The molecule has 0 aliphatic heterocycles. The van der Waals surface area contributed by atoms with E-state index < -0.39 is 35.2 Å². The first-order chi connectivity index (χ1) is 18.2. The first kappa shape index (κ1) is 26.8. The third-order valence-electron chi connectivity index (χ3n) is 5.50. The van der Waals surface area contributed by atoms with Gasteiger partial charge in [-0.05, 0) is 42.3 Å². The fraction of sp³-hybridized carbons (Fsp3) is 0.0741. The Morgan fingerprint density at radius 2 is 1.74 bits per heavy atom. The number of halogens is 4. The van der Waals surface area contributed by atoms with Crippen LogP contribution in [0, 0.1) is 11.6 Å². The van der Waals surface area contributed by atoms with Gasteiger partial charge in [0.05, 0.1) is 11.1 Å². The molecule has 194 valence electrons. The summed E-state index contributed by atoms with van der Waals surface area (Å²) in [4.78, 5) is 31.2. The zero-order valence-electron chi connectivity index (χ0n) is 19.5. The Morgan fingerprint density at radius 3 is 2.42 bits per heavy atom. The third-order valence-corrected chi connectivity index (χ3v) is 6.06. The Kier molecular flexibility index (Phi) is 8.40. The van der Waals surface area contributed by atoms with E-state index in [4.69, 9.17) is 28.3 Å². The van der Waals surface area contributed by atoms with Crippen LogP contribution in [0.3, 0.4) is 0 Å². The van der Waals surface area contributed by atoms with Gasteiger partial charge in [-0.1, -0.05) is 65.7 Å². The van der Waals surface area contributed by atoms with Gasteiger partial charge in [0, 0.05) is 22.9 Å². The highest BCUT2D eigenvalue weighted by Crippen LogP contribution is 2.29. The van der Waals surface area contributed by atoms with Crippen LogP contribution in [0.1, 0.15) is 23.0 Å². The van der Waals surface area contributed by atoms with Gasteiger partial charge in [0.25, 0.3) is 0 Å². The number of nitrogens with zero attached hydrogens (tertiary/aromatic N) is 1. The average molecular weight is 557 g/mol. The smallest absolute Gasteiger partial charge is 0.409 e. The van der Waals surface area contributed by atoms with E-state index in [-0.39, 0.29) is 10.2 Å². The Balaban J connectivity index is 1.60. The topological polar surface area (TPSA) is 107 Å². The van der Waals surface area contributed by atoms with Gasteiger partial charge in [0.1, 0.15) is 22.5 Å². The Morgan fingerprint density at radius 1 is 1.03 bits per heavy atom. The number of hydrogen-bond donors (Lipinski definition) is 4. The number of carbonyl (C=O) groups is 2. The summed E-state index contributed by atoms with van der Waals surface area (Å²) in [7, 11) is 0. The molecule has 4 N–H and O–H groups in total. The number of imidazole rings is 1. The van der Waals surface area contributed by atoms with E-state index in [2.05, 4.69) is 20.6 Å². The second-order valence-corrected chi connectivity index (χ2v) is 8.92. The maximum Gasteiger partial charge on any atom is 0.409 e. The largest absolute Gasteiger partial charge is 0.465 e. The lowest BCUT2D eigenvalue weighted by atomic mass is 10.1. The van der Waals surface area contributed by atoms with Crippen LogP contribution in [0.15, 0.2) is 72.8 Å². The molecule has 0 aliphatic rings. The van der Waals surface area contributed by atoms with Crippen LogP contribution in [0.4, 0.5) is 19.3 Å². The zero-order chi connectivity index (χ0) is 27.2. The van der Waals surface area contributed by atoms with Crippen molar-refractivity contribution < 1.29 is 23.5 Å². The molecule has 0 radical (unpaired) electrons. The minimum atomic E-state index is -1.19. The Hall–Kier alpha value is -4.21. The second kappa shape index (κ2) is 11.9. The number of amides is 2. The fourth-order valence-corrected chi connectivity index (χ4v) is 4.11. The highest BCUT2D eigenvalue weighted by atomic mass is 35.5. The molecule has 0 bridgehead atoms. The van der Waals surface area contributed by atoms with E-state index in [0.29, 0.717) is 29.2 Å². The molecule has 0 spiro atoms. The van der Waals surface area contributed by atoms with Gasteiger partial charge in [-0.2, -0.15) is 0 Å². The molecule has 38 heavy (non-hydrogen) atoms. The normalized spacial score (nSPS) is 11.9. The van der Waals surface area contributed by atoms with Crippen molar-refractivity contribution in [3.8, 4) is 11.3 Å². The molecule has 4 rings (SSSR count). The summed E-state index contributed by atoms with van der Waals surface area (Å²) >= 11 is 12.2. The van der Waals surface area contributed by atoms with Gasteiger partial charge >= 0.3 is 6.09 Å². The molecular formula is C27H20Cl2F2N4O3. The molecule has 0 saturated heterocycles. The van der Waals surface area contributed by atoms with Crippen LogP contribution in [0.25, 0.3) is 17.3 Å². The standard InChI is InChI=1S/C27H20Cl2F2N4O3/c28-19-11-12-20(30)18(23(19)31)10-13-22(36)33-21(14-15-4-2-1-3-5-15)26-34-24(25(29)35-26)16-6-8-17(9-7-16)32-27(37)38/h1-13,21,32H,14H2,(H,33,36)(H,34,35)(H,37,38). The Bertz CT molecular complexity index is 1490. The van der Waals surface area contributed by atoms with Crippen LogP contribution >= 0.6 is 23.2 Å². The number of H-pyrrole nitrogens is 1. The summed E-state index contributed by atoms with van der Waals surface area (Å²) in [6, 6.07) is 17.2. The van der Waals surface area contributed by atoms with Gasteiger partial charge in [-0.3, -0.25) is 10.1 Å². The summed E-state index contributed by atoms with van der Waals surface area (Å²) in [6.45, 7) is 0. The van der Waals surface area contributed by atoms with Crippen molar-refractivity contribution in [2.75, 3.05) is 5.32 Å². The number of aromatic nitrogens is 2. The molecule has 2 amide bonds. The minimum Gasteiger partial charge on any atom is -0.465 e. The lowest BCUT2D eigenvalue weighted by Gasteiger charge is -2.16. The quantitative estimate of drug-likeness (QED) is 0.140. The summed E-state index contributed by atoms with van der Waals surface area (Å²) in [5, 5.41) is 13.9. The molecule has 0 aliphatic carbocycles. The molecule has 1 heterocycles.